The van der Waals surface area contributed by atoms with Gasteiger partial charge >= 0.3 is 0 Å². The minimum atomic E-state index is -0.666. The zero-order valence-electron chi connectivity index (χ0n) is 15.3. The van der Waals surface area contributed by atoms with Crippen molar-refractivity contribution < 1.29 is 14.0 Å². The number of thiocarbonyl (C=S) groups is 1. The van der Waals surface area contributed by atoms with Crippen LogP contribution in [0.1, 0.15) is 5.76 Å². The molecule has 0 unspecified atom stereocenters. The number of benzene rings is 2. The number of furan rings is 1. The summed E-state index contributed by atoms with van der Waals surface area (Å²) in [5.74, 6) is -0.612. The van der Waals surface area contributed by atoms with Crippen molar-refractivity contribution in [3.05, 3.63) is 80.0 Å². The SMILES string of the molecule is O=C1NC(=S)N(c2cccc(Cl)c2Cl)C(=O)/C1=C\c1ccc(-c2ccc(Cl)cc2Cl)o1. The Morgan fingerprint density at radius 1 is 0.968 bits per heavy atom. The van der Waals surface area contributed by atoms with Gasteiger partial charge in [0.1, 0.15) is 17.1 Å². The van der Waals surface area contributed by atoms with Crippen LogP contribution in [0, 0.1) is 0 Å². The van der Waals surface area contributed by atoms with Crippen molar-refractivity contribution in [3.8, 4) is 11.3 Å². The minimum absolute atomic E-state index is 0.107. The number of hydrogen-bond donors (Lipinski definition) is 1. The highest BCUT2D eigenvalue weighted by atomic mass is 35.5. The first-order valence-corrected chi connectivity index (χ1v) is 10.6. The summed E-state index contributed by atoms with van der Waals surface area (Å²) < 4.78 is 5.77. The zero-order chi connectivity index (χ0) is 22.3. The molecule has 1 saturated heterocycles. The molecule has 0 spiro atoms. The Labute approximate surface area is 202 Å². The molecule has 2 aromatic carbocycles. The first kappa shape index (κ1) is 21.9. The van der Waals surface area contributed by atoms with E-state index in [0.29, 0.717) is 21.4 Å². The molecule has 0 radical (unpaired) electrons. The van der Waals surface area contributed by atoms with Crippen LogP contribution in [0.2, 0.25) is 20.1 Å². The fraction of sp³-hybridized carbons (Fsp3) is 0. The molecule has 0 aliphatic carbocycles. The molecule has 1 aromatic heterocycles. The topological polar surface area (TPSA) is 62.6 Å². The molecule has 156 valence electrons. The van der Waals surface area contributed by atoms with E-state index < -0.39 is 11.8 Å². The molecule has 31 heavy (non-hydrogen) atoms. The van der Waals surface area contributed by atoms with Gasteiger partial charge in [-0.25, -0.2) is 0 Å². The van der Waals surface area contributed by atoms with E-state index in [1.807, 2.05) is 0 Å². The maximum atomic E-state index is 13.1. The average Bonchev–Trinajstić information content (AvgIpc) is 3.16. The van der Waals surface area contributed by atoms with Gasteiger partial charge in [0.15, 0.2) is 5.11 Å². The van der Waals surface area contributed by atoms with Crippen LogP contribution in [0.3, 0.4) is 0 Å². The zero-order valence-corrected chi connectivity index (χ0v) is 19.1. The van der Waals surface area contributed by atoms with Gasteiger partial charge in [-0.15, -0.1) is 0 Å². The van der Waals surface area contributed by atoms with Gasteiger partial charge in [0.05, 0.1) is 20.8 Å². The summed E-state index contributed by atoms with van der Waals surface area (Å²) in [5, 5.41) is 3.64. The maximum absolute atomic E-state index is 13.1. The second-order valence-electron chi connectivity index (χ2n) is 6.36. The second-order valence-corrected chi connectivity index (χ2v) is 8.37. The Morgan fingerprint density at radius 3 is 2.48 bits per heavy atom. The monoisotopic (exact) mass is 510 g/mol. The smallest absolute Gasteiger partial charge is 0.270 e. The van der Waals surface area contributed by atoms with Gasteiger partial charge in [-0.2, -0.15) is 0 Å². The number of carbonyl (C=O) groups is 2. The lowest BCUT2D eigenvalue weighted by molar-refractivity contribution is -0.122. The molecule has 5 nitrogen and oxygen atoms in total. The third-order valence-electron chi connectivity index (χ3n) is 4.38. The van der Waals surface area contributed by atoms with Gasteiger partial charge < -0.3 is 4.42 Å². The fourth-order valence-corrected chi connectivity index (χ4v) is 4.10. The van der Waals surface area contributed by atoms with E-state index in [1.165, 1.54) is 6.08 Å². The lowest BCUT2D eigenvalue weighted by Gasteiger charge is -2.29. The molecule has 3 aromatic rings. The highest BCUT2D eigenvalue weighted by molar-refractivity contribution is 7.80. The normalized spacial score (nSPS) is 15.5. The molecule has 4 rings (SSSR count). The summed E-state index contributed by atoms with van der Waals surface area (Å²) in [7, 11) is 0. The van der Waals surface area contributed by atoms with Crippen LogP contribution in [0.4, 0.5) is 5.69 Å². The number of amides is 2. The lowest BCUT2D eigenvalue weighted by Crippen LogP contribution is -2.54. The van der Waals surface area contributed by atoms with E-state index in [0.717, 1.165) is 4.90 Å². The molecule has 0 atom stereocenters. The van der Waals surface area contributed by atoms with E-state index in [4.69, 9.17) is 63.0 Å². The number of halogens is 4. The Kier molecular flexibility index (Phi) is 6.10. The third kappa shape index (κ3) is 4.22. The largest absolute Gasteiger partial charge is 0.457 e. The van der Waals surface area contributed by atoms with Crippen molar-refractivity contribution in [1.82, 2.24) is 5.32 Å². The Bertz CT molecular complexity index is 1290. The van der Waals surface area contributed by atoms with Gasteiger partial charge in [0.25, 0.3) is 11.8 Å². The summed E-state index contributed by atoms with van der Waals surface area (Å²) in [6.45, 7) is 0. The van der Waals surface area contributed by atoms with Crippen molar-refractivity contribution in [1.29, 1.82) is 0 Å². The summed E-state index contributed by atoms with van der Waals surface area (Å²) in [6, 6.07) is 13.0. The van der Waals surface area contributed by atoms with Crippen LogP contribution in [-0.4, -0.2) is 16.9 Å². The van der Waals surface area contributed by atoms with Gasteiger partial charge in [0.2, 0.25) is 0 Å². The fourth-order valence-electron chi connectivity index (χ4n) is 2.95. The van der Waals surface area contributed by atoms with Crippen LogP contribution < -0.4 is 10.2 Å². The number of anilines is 1. The lowest BCUT2D eigenvalue weighted by atomic mass is 10.1. The molecule has 2 heterocycles. The standard InChI is InChI=1S/C21H10Cl4N2O3S/c22-10-4-6-12(15(24)8-10)17-7-5-11(30-17)9-13-19(28)26-21(31)27(20(13)29)16-3-1-2-14(23)18(16)25/h1-9H,(H,26,28,31)/b13-9-. The summed E-state index contributed by atoms with van der Waals surface area (Å²) in [4.78, 5) is 26.7. The molecule has 1 aliphatic rings. The number of hydrogen-bond acceptors (Lipinski definition) is 4. The highest BCUT2D eigenvalue weighted by Gasteiger charge is 2.36. The van der Waals surface area contributed by atoms with Crippen molar-refractivity contribution >= 4 is 87.3 Å². The van der Waals surface area contributed by atoms with Crippen molar-refractivity contribution in [3.63, 3.8) is 0 Å². The molecular formula is C21H10Cl4N2O3S. The van der Waals surface area contributed by atoms with E-state index >= 15 is 0 Å². The van der Waals surface area contributed by atoms with Gasteiger partial charge in [-0.05, 0) is 60.8 Å². The van der Waals surface area contributed by atoms with Crippen LogP contribution in [0.25, 0.3) is 17.4 Å². The van der Waals surface area contributed by atoms with Gasteiger partial charge in [-0.1, -0.05) is 52.5 Å². The number of carbonyl (C=O) groups excluding carboxylic acids is 2. The van der Waals surface area contributed by atoms with Gasteiger partial charge in [-0.3, -0.25) is 19.8 Å². The molecule has 1 N–H and O–H groups in total. The number of nitrogens with one attached hydrogen (secondary N) is 1. The number of rotatable bonds is 3. The van der Waals surface area contributed by atoms with Crippen molar-refractivity contribution in [2.45, 2.75) is 0 Å². The summed E-state index contributed by atoms with van der Waals surface area (Å²) in [5.41, 5.74) is 0.680. The predicted octanol–water partition coefficient (Wildman–Crippen LogP) is 6.39. The van der Waals surface area contributed by atoms with Crippen LogP contribution in [-0.2, 0) is 9.59 Å². The Balaban J connectivity index is 1.71. The van der Waals surface area contributed by atoms with Crippen LogP contribution in [0.15, 0.2) is 58.5 Å². The molecule has 1 fully saturated rings. The minimum Gasteiger partial charge on any atom is -0.457 e. The quantitative estimate of drug-likeness (QED) is 0.251. The van der Waals surface area contributed by atoms with E-state index in [-0.39, 0.29) is 32.2 Å². The molecular weight excluding hydrogens is 502 g/mol. The summed E-state index contributed by atoms with van der Waals surface area (Å²) >= 11 is 29.6. The highest BCUT2D eigenvalue weighted by Crippen LogP contribution is 2.35. The van der Waals surface area contributed by atoms with E-state index in [1.54, 1.807) is 48.5 Å². The predicted molar refractivity (Wildman–Crippen MR) is 127 cm³/mol. The first-order chi connectivity index (χ1) is 14.8. The Hall–Kier alpha value is -2.35. The van der Waals surface area contributed by atoms with Crippen LogP contribution >= 0.6 is 58.6 Å². The number of nitrogens with zero attached hydrogens (tertiary/aromatic N) is 1. The van der Waals surface area contributed by atoms with E-state index in [9.17, 15) is 9.59 Å². The first-order valence-electron chi connectivity index (χ1n) is 8.67. The molecule has 0 bridgehead atoms. The molecule has 1 aliphatic heterocycles. The van der Waals surface area contributed by atoms with Gasteiger partial charge in [0, 0.05) is 10.6 Å². The van der Waals surface area contributed by atoms with Crippen molar-refractivity contribution in [2.75, 3.05) is 4.90 Å². The molecule has 2 amide bonds. The molecule has 10 heteroatoms. The second kappa shape index (κ2) is 8.65. The van der Waals surface area contributed by atoms with E-state index in [2.05, 4.69) is 5.32 Å². The van der Waals surface area contributed by atoms with Crippen LogP contribution in [0.5, 0.6) is 0 Å². The average molecular weight is 512 g/mol. The van der Waals surface area contributed by atoms with Crippen molar-refractivity contribution in [2.24, 2.45) is 0 Å². The Morgan fingerprint density at radius 2 is 1.74 bits per heavy atom. The third-order valence-corrected chi connectivity index (χ3v) is 6.03. The molecule has 0 saturated carbocycles. The maximum Gasteiger partial charge on any atom is 0.270 e. The summed E-state index contributed by atoms with van der Waals surface area (Å²) in [6.07, 6.45) is 1.32.